The van der Waals surface area contributed by atoms with Gasteiger partial charge in [0, 0.05) is 6.04 Å². The molecule has 1 heterocycles. The number of rotatable bonds is 2. The lowest BCUT2D eigenvalue weighted by Gasteiger charge is -2.53. The van der Waals surface area contributed by atoms with Gasteiger partial charge in [0.2, 0.25) is 0 Å². The van der Waals surface area contributed by atoms with Gasteiger partial charge in [0.1, 0.15) is 0 Å². The van der Waals surface area contributed by atoms with Gasteiger partial charge in [-0.05, 0) is 42.6 Å². The largest absolute Gasteiger partial charge is 0.313 e. The van der Waals surface area contributed by atoms with E-state index in [1.54, 1.807) is 0 Å². The molecule has 0 bridgehead atoms. The van der Waals surface area contributed by atoms with E-state index in [2.05, 4.69) is 46.9 Å². The lowest BCUT2D eigenvalue weighted by Crippen LogP contribution is -2.58. The Kier molecular flexibility index (Phi) is 3.86. The maximum absolute atomic E-state index is 3.78. The fourth-order valence-electron chi connectivity index (χ4n) is 3.59. The number of nitrogens with one attached hydrogen (secondary N) is 1. The van der Waals surface area contributed by atoms with Gasteiger partial charge in [-0.25, -0.2) is 0 Å². The Balaban J connectivity index is 2.99. The molecule has 1 rings (SSSR count). The van der Waals surface area contributed by atoms with E-state index in [0.717, 1.165) is 5.92 Å². The average Bonchev–Trinajstić information content (AvgIpc) is 2.16. The molecule has 15 heavy (non-hydrogen) atoms. The molecule has 2 unspecified atom stereocenters. The molecule has 1 aliphatic rings. The van der Waals surface area contributed by atoms with Gasteiger partial charge in [0.15, 0.2) is 0 Å². The van der Waals surface area contributed by atoms with Crippen molar-refractivity contribution in [3.63, 3.8) is 0 Å². The van der Waals surface area contributed by atoms with Crippen LogP contribution in [0.2, 0.25) is 0 Å². The zero-order valence-electron chi connectivity index (χ0n) is 11.5. The second-order valence-electron chi connectivity index (χ2n) is 6.60. The summed E-state index contributed by atoms with van der Waals surface area (Å²) in [6.07, 6.45) is 4.05. The van der Waals surface area contributed by atoms with Crippen LogP contribution in [0.25, 0.3) is 0 Å². The average molecular weight is 211 g/mol. The monoisotopic (exact) mass is 211 g/mol. The normalized spacial score (nSPS) is 33.4. The highest BCUT2D eigenvalue weighted by atomic mass is 15.0. The molecule has 0 aromatic carbocycles. The van der Waals surface area contributed by atoms with Gasteiger partial charge in [-0.2, -0.15) is 0 Å². The van der Waals surface area contributed by atoms with Crippen molar-refractivity contribution in [2.45, 2.75) is 66.8 Å². The third-order valence-corrected chi connectivity index (χ3v) is 4.42. The van der Waals surface area contributed by atoms with Gasteiger partial charge < -0.3 is 5.32 Å². The molecule has 1 heteroatoms. The first kappa shape index (κ1) is 13.0. The van der Waals surface area contributed by atoms with Crippen molar-refractivity contribution in [3.8, 4) is 0 Å². The molecule has 1 saturated heterocycles. The van der Waals surface area contributed by atoms with Gasteiger partial charge >= 0.3 is 0 Å². The lowest BCUT2D eigenvalue weighted by atomic mass is 9.58. The van der Waals surface area contributed by atoms with Gasteiger partial charge in [0.05, 0.1) is 0 Å². The molecule has 1 N–H and O–H groups in total. The second-order valence-corrected chi connectivity index (χ2v) is 6.60. The van der Waals surface area contributed by atoms with Crippen LogP contribution in [0.3, 0.4) is 0 Å². The maximum atomic E-state index is 3.78. The van der Waals surface area contributed by atoms with Gasteiger partial charge in [-0.3, -0.25) is 0 Å². The van der Waals surface area contributed by atoms with E-state index in [1.807, 2.05) is 0 Å². The number of hydrogen-bond acceptors (Lipinski definition) is 1. The molecule has 0 aromatic rings. The molecule has 0 aromatic heterocycles. The van der Waals surface area contributed by atoms with E-state index in [4.69, 9.17) is 0 Å². The van der Waals surface area contributed by atoms with Crippen molar-refractivity contribution < 1.29 is 0 Å². The molecule has 1 fully saturated rings. The summed E-state index contributed by atoms with van der Waals surface area (Å²) in [5.74, 6) is 0.777. The highest BCUT2D eigenvalue weighted by Gasteiger charge is 2.46. The Bertz CT molecular complexity index is 202. The molecule has 2 atom stereocenters. The SMILES string of the molecule is CCC1(C(C)C)CCCNC1C(C)(C)C. The zero-order valence-corrected chi connectivity index (χ0v) is 11.5. The Morgan fingerprint density at radius 3 is 2.27 bits per heavy atom. The number of hydrogen-bond donors (Lipinski definition) is 1. The first-order valence-electron chi connectivity index (χ1n) is 6.58. The topological polar surface area (TPSA) is 12.0 Å². The summed E-state index contributed by atoms with van der Waals surface area (Å²) in [5, 5.41) is 3.78. The highest BCUT2D eigenvalue weighted by molar-refractivity contribution is 5.00. The predicted octanol–water partition coefficient (Wildman–Crippen LogP) is 3.84. The van der Waals surface area contributed by atoms with Crippen molar-refractivity contribution in [2.75, 3.05) is 6.54 Å². The van der Waals surface area contributed by atoms with E-state index >= 15 is 0 Å². The first-order valence-corrected chi connectivity index (χ1v) is 6.58. The van der Waals surface area contributed by atoms with Crippen LogP contribution in [0.15, 0.2) is 0 Å². The van der Waals surface area contributed by atoms with Crippen LogP contribution in [0, 0.1) is 16.7 Å². The summed E-state index contributed by atoms with van der Waals surface area (Å²) < 4.78 is 0. The molecular formula is C14H29N. The fraction of sp³-hybridized carbons (Fsp3) is 1.00. The quantitative estimate of drug-likeness (QED) is 0.732. The highest BCUT2D eigenvalue weighted by Crippen LogP contribution is 2.47. The Labute approximate surface area is 96.0 Å². The fourth-order valence-corrected chi connectivity index (χ4v) is 3.59. The molecule has 1 nitrogen and oxygen atoms in total. The lowest BCUT2D eigenvalue weighted by molar-refractivity contribution is 0.0104. The molecule has 0 radical (unpaired) electrons. The van der Waals surface area contributed by atoms with Gasteiger partial charge in [-0.15, -0.1) is 0 Å². The maximum Gasteiger partial charge on any atom is 0.0174 e. The Morgan fingerprint density at radius 1 is 1.33 bits per heavy atom. The first-order chi connectivity index (χ1) is 6.84. The number of piperidine rings is 1. The molecule has 0 amide bonds. The Morgan fingerprint density at radius 2 is 1.93 bits per heavy atom. The van der Waals surface area contributed by atoms with Crippen LogP contribution >= 0.6 is 0 Å². The minimum absolute atomic E-state index is 0.376. The van der Waals surface area contributed by atoms with Gasteiger partial charge in [-0.1, -0.05) is 41.5 Å². The zero-order chi connectivity index (χ0) is 11.7. The van der Waals surface area contributed by atoms with Crippen LogP contribution in [-0.2, 0) is 0 Å². The third kappa shape index (κ3) is 2.38. The van der Waals surface area contributed by atoms with E-state index in [1.165, 1.54) is 25.8 Å². The molecule has 0 spiro atoms. The molecule has 0 saturated carbocycles. The molecule has 0 aliphatic carbocycles. The molecular weight excluding hydrogens is 182 g/mol. The van der Waals surface area contributed by atoms with Crippen molar-refractivity contribution >= 4 is 0 Å². The van der Waals surface area contributed by atoms with Gasteiger partial charge in [0.25, 0.3) is 0 Å². The summed E-state index contributed by atoms with van der Waals surface area (Å²) in [5.41, 5.74) is 0.886. The van der Waals surface area contributed by atoms with Crippen LogP contribution < -0.4 is 5.32 Å². The van der Waals surface area contributed by atoms with E-state index in [-0.39, 0.29) is 0 Å². The summed E-state index contributed by atoms with van der Waals surface area (Å²) in [4.78, 5) is 0. The van der Waals surface area contributed by atoms with E-state index < -0.39 is 0 Å². The molecule has 90 valence electrons. The standard InChI is InChI=1S/C14H29N/c1-7-14(11(2)3)9-8-10-15-12(14)13(4,5)6/h11-12,15H,7-10H2,1-6H3. The minimum Gasteiger partial charge on any atom is -0.313 e. The minimum atomic E-state index is 0.376. The van der Waals surface area contributed by atoms with Crippen molar-refractivity contribution in [1.29, 1.82) is 0 Å². The van der Waals surface area contributed by atoms with Crippen molar-refractivity contribution in [3.05, 3.63) is 0 Å². The van der Waals surface area contributed by atoms with Crippen LogP contribution in [-0.4, -0.2) is 12.6 Å². The third-order valence-electron chi connectivity index (χ3n) is 4.42. The summed E-state index contributed by atoms with van der Waals surface area (Å²) in [6.45, 7) is 15.5. The van der Waals surface area contributed by atoms with Crippen LogP contribution in [0.4, 0.5) is 0 Å². The molecule has 1 aliphatic heterocycles. The van der Waals surface area contributed by atoms with Crippen molar-refractivity contribution in [1.82, 2.24) is 5.32 Å². The second kappa shape index (κ2) is 4.45. The van der Waals surface area contributed by atoms with E-state index in [9.17, 15) is 0 Å². The van der Waals surface area contributed by atoms with Crippen LogP contribution in [0.1, 0.15) is 60.8 Å². The summed E-state index contributed by atoms with van der Waals surface area (Å²) >= 11 is 0. The van der Waals surface area contributed by atoms with Crippen LogP contribution in [0.5, 0.6) is 0 Å². The van der Waals surface area contributed by atoms with Crippen molar-refractivity contribution in [2.24, 2.45) is 16.7 Å². The summed E-state index contributed by atoms with van der Waals surface area (Å²) in [6, 6.07) is 0.670. The Hall–Kier alpha value is -0.0400. The predicted molar refractivity (Wildman–Crippen MR) is 68.0 cm³/mol. The smallest absolute Gasteiger partial charge is 0.0174 e. The van der Waals surface area contributed by atoms with E-state index in [0.29, 0.717) is 16.9 Å². The summed E-state index contributed by atoms with van der Waals surface area (Å²) in [7, 11) is 0.